The summed E-state index contributed by atoms with van der Waals surface area (Å²) >= 11 is 7.61. The molecule has 1 aliphatic heterocycles. The topological polar surface area (TPSA) is 70.0 Å². The van der Waals surface area contributed by atoms with Crippen molar-refractivity contribution in [2.45, 2.75) is 13.0 Å². The summed E-state index contributed by atoms with van der Waals surface area (Å²) in [5.74, 6) is 1.57. The normalized spacial score (nSPS) is 16.6. The number of anilines is 1. The second kappa shape index (κ2) is 7.37. The van der Waals surface area contributed by atoms with E-state index in [9.17, 15) is 5.11 Å². The van der Waals surface area contributed by atoms with Crippen molar-refractivity contribution in [1.82, 2.24) is 19.5 Å². The van der Waals surface area contributed by atoms with E-state index in [1.54, 1.807) is 6.26 Å². The summed E-state index contributed by atoms with van der Waals surface area (Å²) in [5.41, 5.74) is 1.13. The summed E-state index contributed by atoms with van der Waals surface area (Å²) in [7, 11) is 0. The van der Waals surface area contributed by atoms with Gasteiger partial charge in [0, 0.05) is 36.9 Å². The summed E-state index contributed by atoms with van der Waals surface area (Å²) in [6.45, 7) is 5.18. The van der Waals surface area contributed by atoms with E-state index in [-0.39, 0.29) is 11.9 Å². The maximum absolute atomic E-state index is 10.8. The summed E-state index contributed by atoms with van der Waals surface area (Å²) in [6.07, 6.45) is 1.67. The molecular weight excluding hydrogens is 410 g/mol. The zero-order chi connectivity index (χ0) is 20.0. The number of fused-ring (bicyclic) bond motifs is 1. The van der Waals surface area contributed by atoms with E-state index in [1.165, 1.54) is 15.9 Å². The minimum atomic E-state index is -0.180. The van der Waals surface area contributed by atoms with Gasteiger partial charge in [-0.15, -0.1) is 5.10 Å². The number of aromatic hydroxyl groups is 1. The zero-order valence-electron chi connectivity index (χ0n) is 15.8. The number of thiazole rings is 1. The molecule has 1 atom stereocenters. The van der Waals surface area contributed by atoms with Gasteiger partial charge in [-0.25, -0.2) is 4.98 Å². The van der Waals surface area contributed by atoms with Crippen LogP contribution in [0, 0.1) is 6.92 Å². The van der Waals surface area contributed by atoms with Gasteiger partial charge in [0.1, 0.15) is 17.6 Å². The number of aromatic nitrogens is 3. The molecule has 4 aromatic rings. The lowest BCUT2D eigenvalue weighted by Crippen LogP contribution is -2.47. The number of benzene rings is 1. The molecule has 0 unspecified atom stereocenters. The van der Waals surface area contributed by atoms with Gasteiger partial charge in [0.2, 0.25) is 10.8 Å². The van der Waals surface area contributed by atoms with Crippen molar-refractivity contribution in [3.8, 4) is 5.88 Å². The third-order valence-electron chi connectivity index (χ3n) is 5.22. The van der Waals surface area contributed by atoms with Crippen LogP contribution in [0.2, 0.25) is 5.02 Å². The van der Waals surface area contributed by atoms with Crippen LogP contribution < -0.4 is 4.90 Å². The number of halogens is 1. The molecule has 0 amide bonds. The van der Waals surface area contributed by atoms with Crippen LogP contribution in [-0.2, 0) is 0 Å². The molecule has 0 radical (unpaired) electrons. The average Bonchev–Trinajstić information content (AvgIpc) is 3.43. The molecule has 1 aromatic carbocycles. The number of piperazine rings is 1. The van der Waals surface area contributed by atoms with Gasteiger partial charge in [-0.05, 0) is 37.3 Å². The van der Waals surface area contributed by atoms with Crippen LogP contribution in [0.5, 0.6) is 5.88 Å². The van der Waals surface area contributed by atoms with Gasteiger partial charge in [0.25, 0.3) is 0 Å². The molecule has 0 aliphatic carbocycles. The Bertz CT molecular complexity index is 1130. The number of nitrogens with zero attached hydrogens (tertiary/aromatic N) is 5. The highest BCUT2D eigenvalue weighted by Crippen LogP contribution is 2.40. The van der Waals surface area contributed by atoms with E-state index in [4.69, 9.17) is 16.0 Å². The molecule has 0 saturated carbocycles. The lowest BCUT2D eigenvalue weighted by atomic mass is 10.1. The molecule has 1 N–H and O–H groups in total. The molecule has 5 rings (SSSR count). The maximum atomic E-state index is 10.8. The van der Waals surface area contributed by atoms with Crippen LogP contribution in [0.3, 0.4) is 0 Å². The van der Waals surface area contributed by atoms with Gasteiger partial charge < -0.3 is 14.4 Å². The molecule has 1 saturated heterocycles. The predicted molar refractivity (Wildman–Crippen MR) is 113 cm³/mol. The number of hydrogen-bond donors (Lipinski definition) is 1. The fraction of sp³-hybridized carbons (Fsp3) is 0.300. The molecule has 4 heterocycles. The van der Waals surface area contributed by atoms with Crippen LogP contribution in [0.25, 0.3) is 4.96 Å². The van der Waals surface area contributed by atoms with Crippen molar-refractivity contribution >= 4 is 33.6 Å². The molecular formula is C20H20ClN5O2S. The molecule has 150 valence electrons. The SMILES string of the molecule is Cc1nc2sc([C@H](c3ccco3)N3CCN(c4cccc(Cl)c4)CC3)c(O)n2n1. The Morgan fingerprint density at radius 1 is 1.17 bits per heavy atom. The number of hydrogen-bond acceptors (Lipinski definition) is 7. The second-order valence-electron chi connectivity index (χ2n) is 7.06. The predicted octanol–water partition coefficient (Wildman–Crippen LogP) is 3.96. The number of rotatable bonds is 4. The first-order valence-corrected chi connectivity index (χ1v) is 10.6. The third kappa shape index (κ3) is 3.37. The minimum absolute atomic E-state index is 0.129. The maximum Gasteiger partial charge on any atom is 0.230 e. The van der Waals surface area contributed by atoms with Crippen LogP contribution in [0.1, 0.15) is 22.5 Å². The largest absolute Gasteiger partial charge is 0.492 e. The first-order valence-electron chi connectivity index (χ1n) is 9.43. The van der Waals surface area contributed by atoms with Crippen LogP contribution in [-0.4, -0.2) is 50.8 Å². The van der Waals surface area contributed by atoms with Crippen molar-refractivity contribution in [2.75, 3.05) is 31.1 Å². The van der Waals surface area contributed by atoms with Crippen molar-refractivity contribution in [3.05, 3.63) is 64.1 Å². The fourth-order valence-corrected chi connectivity index (χ4v) is 5.19. The van der Waals surface area contributed by atoms with Crippen LogP contribution in [0.4, 0.5) is 5.69 Å². The Labute approximate surface area is 176 Å². The number of furan rings is 1. The van der Waals surface area contributed by atoms with Gasteiger partial charge in [0.15, 0.2) is 0 Å². The Balaban J connectivity index is 1.44. The highest BCUT2D eigenvalue weighted by atomic mass is 35.5. The Morgan fingerprint density at radius 3 is 2.69 bits per heavy atom. The highest BCUT2D eigenvalue weighted by molar-refractivity contribution is 7.17. The summed E-state index contributed by atoms with van der Waals surface area (Å²) in [5, 5.41) is 15.9. The smallest absolute Gasteiger partial charge is 0.230 e. The summed E-state index contributed by atoms with van der Waals surface area (Å²) in [4.78, 5) is 10.5. The first-order chi connectivity index (χ1) is 14.1. The minimum Gasteiger partial charge on any atom is -0.492 e. The molecule has 0 spiro atoms. The van der Waals surface area contributed by atoms with Crippen molar-refractivity contribution in [3.63, 3.8) is 0 Å². The lowest BCUT2D eigenvalue weighted by molar-refractivity contribution is 0.191. The Kier molecular flexibility index (Phi) is 4.69. The van der Waals surface area contributed by atoms with Gasteiger partial charge >= 0.3 is 0 Å². The van der Waals surface area contributed by atoms with E-state index < -0.39 is 0 Å². The van der Waals surface area contributed by atoms with E-state index in [2.05, 4.69) is 25.9 Å². The summed E-state index contributed by atoms with van der Waals surface area (Å²) in [6, 6.07) is 11.6. The van der Waals surface area contributed by atoms with Crippen molar-refractivity contribution in [2.24, 2.45) is 0 Å². The molecule has 1 fully saturated rings. The lowest BCUT2D eigenvalue weighted by Gasteiger charge is -2.39. The van der Waals surface area contributed by atoms with Gasteiger partial charge in [-0.1, -0.05) is 29.0 Å². The van der Waals surface area contributed by atoms with Crippen molar-refractivity contribution in [1.29, 1.82) is 0 Å². The molecule has 0 bridgehead atoms. The summed E-state index contributed by atoms with van der Waals surface area (Å²) < 4.78 is 7.26. The highest BCUT2D eigenvalue weighted by Gasteiger charge is 2.33. The average molecular weight is 430 g/mol. The molecule has 9 heteroatoms. The first kappa shape index (κ1) is 18.5. The Morgan fingerprint density at radius 2 is 2.00 bits per heavy atom. The van der Waals surface area contributed by atoms with Crippen LogP contribution in [0.15, 0.2) is 47.1 Å². The van der Waals surface area contributed by atoms with Gasteiger partial charge in [-0.2, -0.15) is 4.52 Å². The Hall–Kier alpha value is -2.55. The molecule has 7 nitrogen and oxygen atoms in total. The molecule has 3 aromatic heterocycles. The van der Waals surface area contributed by atoms with E-state index in [0.29, 0.717) is 10.8 Å². The zero-order valence-corrected chi connectivity index (χ0v) is 17.4. The quantitative estimate of drug-likeness (QED) is 0.529. The molecule has 1 aliphatic rings. The van der Waals surface area contributed by atoms with Crippen LogP contribution >= 0.6 is 22.9 Å². The molecule has 29 heavy (non-hydrogen) atoms. The second-order valence-corrected chi connectivity index (χ2v) is 8.51. The monoisotopic (exact) mass is 429 g/mol. The number of aryl methyl sites for hydroxylation is 1. The third-order valence-corrected chi connectivity index (χ3v) is 6.53. The van der Waals surface area contributed by atoms with Gasteiger partial charge in [-0.3, -0.25) is 4.90 Å². The van der Waals surface area contributed by atoms with E-state index in [0.717, 1.165) is 47.5 Å². The fourth-order valence-electron chi connectivity index (χ4n) is 3.86. The van der Waals surface area contributed by atoms with Gasteiger partial charge in [0.05, 0.1) is 11.1 Å². The van der Waals surface area contributed by atoms with Crippen molar-refractivity contribution < 1.29 is 9.52 Å². The van der Waals surface area contributed by atoms with E-state index in [1.807, 2.05) is 37.3 Å². The standard InChI is InChI=1S/C20H20ClN5O2S/c1-13-22-20-26(23-13)19(27)18(29-20)17(16-6-3-11-28-16)25-9-7-24(8-10-25)15-5-2-4-14(21)12-15/h2-6,11-12,17,27H,7-10H2,1H3/t17-/m0/s1. The van der Waals surface area contributed by atoms with E-state index >= 15 is 0 Å².